The summed E-state index contributed by atoms with van der Waals surface area (Å²) in [6.07, 6.45) is 8.61. The van der Waals surface area contributed by atoms with Crippen LogP contribution < -0.4 is 34.4 Å². The summed E-state index contributed by atoms with van der Waals surface area (Å²) in [5.74, 6) is -2.05. The third kappa shape index (κ3) is 14.2. The van der Waals surface area contributed by atoms with Crippen LogP contribution in [0.4, 0.5) is 0 Å². The second-order valence-corrected chi connectivity index (χ2v) is 8.72. The Morgan fingerprint density at radius 2 is 0.818 bits per heavy atom. The molecule has 12 nitrogen and oxygen atoms in total. The van der Waals surface area contributed by atoms with E-state index >= 15 is 0 Å². The fourth-order valence-electron chi connectivity index (χ4n) is 3.65. The molecule has 0 heterocycles. The van der Waals surface area contributed by atoms with E-state index in [1.54, 1.807) is 0 Å². The number of aliphatic imine (C=N–C) groups is 2. The average Bonchev–Trinajstić information content (AvgIpc) is 2.72. The zero-order chi connectivity index (χ0) is 25.3. The topological polar surface area (TPSA) is 255 Å². The molecule has 0 aromatic carbocycles. The van der Waals surface area contributed by atoms with Gasteiger partial charge in [0.15, 0.2) is 11.9 Å². The van der Waals surface area contributed by atoms with Crippen LogP contribution in [0.1, 0.15) is 83.5 Å². The molecule has 0 aliphatic rings. The number of hydrogen-bond donors (Lipinski definition) is 8. The number of rotatable bonds is 20. The molecular weight excluding hydrogens is 428 g/mol. The molecule has 2 unspecified atom stereocenters. The van der Waals surface area contributed by atoms with E-state index in [2.05, 4.69) is 9.98 Å². The first-order valence-corrected chi connectivity index (χ1v) is 11.6. The monoisotopic (exact) mass is 472 g/mol. The molecule has 0 radical (unpaired) electrons. The third-order valence-corrected chi connectivity index (χ3v) is 5.75. The van der Waals surface area contributed by atoms with E-state index in [0.717, 1.165) is 44.9 Å². The van der Waals surface area contributed by atoms with Crippen LogP contribution in [0.2, 0.25) is 0 Å². The molecule has 0 rings (SSSR count). The lowest BCUT2D eigenvalue weighted by molar-refractivity contribution is -0.144. The molecule has 12 heteroatoms. The SMILES string of the molecule is NC(N)=NCCCC(N)(CCCCCCCCCC(N)(CCCN=C(N)N)C(=O)O)C(=O)O. The molecule has 0 aromatic heterocycles. The van der Waals surface area contributed by atoms with E-state index in [0.29, 0.717) is 51.6 Å². The minimum atomic E-state index is -1.26. The van der Waals surface area contributed by atoms with Crippen molar-refractivity contribution in [1.82, 2.24) is 0 Å². The summed E-state index contributed by atoms with van der Waals surface area (Å²) < 4.78 is 0. The Kier molecular flexibility index (Phi) is 14.8. The number of nitrogens with zero attached hydrogens (tertiary/aromatic N) is 2. The zero-order valence-electron chi connectivity index (χ0n) is 19.7. The molecule has 0 saturated carbocycles. The van der Waals surface area contributed by atoms with Gasteiger partial charge < -0.3 is 44.6 Å². The van der Waals surface area contributed by atoms with E-state index in [1.807, 2.05) is 0 Å². The highest BCUT2D eigenvalue weighted by molar-refractivity contribution is 5.79. The van der Waals surface area contributed by atoms with Gasteiger partial charge in [0.1, 0.15) is 11.1 Å². The largest absolute Gasteiger partial charge is 0.480 e. The first-order chi connectivity index (χ1) is 15.4. The Morgan fingerprint density at radius 3 is 1.09 bits per heavy atom. The molecule has 192 valence electrons. The summed E-state index contributed by atoms with van der Waals surface area (Å²) in [5.41, 5.74) is 30.7. The molecule has 0 saturated heterocycles. The average molecular weight is 473 g/mol. The van der Waals surface area contributed by atoms with E-state index in [4.69, 9.17) is 34.4 Å². The second kappa shape index (κ2) is 16.1. The fourth-order valence-corrected chi connectivity index (χ4v) is 3.65. The fraction of sp³-hybridized carbons (Fsp3) is 0.810. The van der Waals surface area contributed by atoms with Crippen molar-refractivity contribution in [3.05, 3.63) is 0 Å². The lowest BCUT2D eigenvalue weighted by Crippen LogP contribution is -2.48. The Hall–Kier alpha value is -2.60. The number of aliphatic carboxylic acids is 2. The lowest BCUT2D eigenvalue weighted by atomic mass is 9.87. The van der Waals surface area contributed by atoms with Crippen molar-refractivity contribution in [2.75, 3.05) is 13.1 Å². The molecule has 2 atom stereocenters. The summed E-state index contributed by atoms with van der Waals surface area (Å²) in [4.78, 5) is 30.8. The van der Waals surface area contributed by atoms with Gasteiger partial charge in [-0.25, -0.2) is 0 Å². The van der Waals surface area contributed by atoms with Crippen LogP contribution in [0, 0.1) is 0 Å². The number of carboxylic acids is 2. The summed E-state index contributed by atoms with van der Waals surface area (Å²) in [6, 6.07) is 0. The Morgan fingerprint density at radius 1 is 0.545 bits per heavy atom. The molecule has 0 bridgehead atoms. The normalized spacial score (nSPS) is 14.6. The van der Waals surface area contributed by atoms with Gasteiger partial charge in [-0.15, -0.1) is 0 Å². The number of unbranched alkanes of at least 4 members (excludes halogenated alkanes) is 6. The Labute approximate surface area is 196 Å². The highest BCUT2D eigenvalue weighted by Crippen LogP contribution is 2.22. The number of carbonyl (C=O) groups is 2. The van der Waals surface area contributed by atoms with Crippen LogP contribution >= 0.6 is 0 Å². The van der Waals surface area contributed by atoms with Gasteiger partial charge in [0.05, 0.1) is 0 Å². The molecule has 0 spiro atoms. The summed E-state index contributed by atoms with van der Waals surface area (Å²) in [5, 5.41) is 18.9. The van der Waals surface area contributed by atoms with Gasteiger partial charge in [0, 0.05) is 13.1 Å². The van der Waals surface area contributed by atoms with Gasteiger partial charge in [0.2, 0.25) is 0 Å². The minimum absolute atomic E-state index is 0.0177. The maximum atomic E-state index is 11.5. The van der Waals surface area contributed by atoms with Crippen LogP contribution in [-0.4, -0.2) is 58.2 Å². The predicted octanol–water partition coefficient (Wildman–Crippen LogP) is 0.169. The van der Waals surface area contributed by atoms with Gasteiger partial charge in [0.25, 0.3) is 0 Å². The highest BCUT2D eigenvalue weighted by Gasteiger charge is 2.33. The predicted molar refractivity (Wildman–Crippen MR) is 130 cm³/mol. The highest BCUT2D eigenvalue weighted by atomic mass is 16.4. The number of nitrogens with two attached hydrogens (primary N) is 6. The molecule has 33 heavy (non-hydrogen) atoms. The van der Waals surface area contributed by atoms with Crippen LogP contribution in [0.3, 0.4) is 0 Å². The number of hydrogen-bond acceptors (Lipinski definition) is 6. The number of guanidine groups is 2. The van der Waals surface area contributed by atoms with Crippen LogP contribution in [0.15, 0.2) is 9.98 Å². The van der Waals surface area contributed by atoms with E-state index in [9.17, 15) is 19.8 Å². The van der Waals surface area contributed by atoms with Gasteiger partial charge in [-0.05, 0) is 38.5 Å². The summed E-state index contributed by atoms with van der Waals surface area (Å²) in [7, 11) is 0. The molecule has 0 fully saturated rings. The Bertz CT molecular complexity index is 596. The molecular formula is C21H44N8O4. The molecule has 0 aliphatic carbocycles. The van der Waals surface area contributed by atoms with Crippen LogP contribution in [0.25, 0.3) is 0 Å². The molecule has 0 amide bonds. The lowest BCUT2D eigenvalue weighted by Gasteiger charge is -2.24. The maximum Gasteiger partial charge on any atom is 0.323 e. The van der Waals surface area contributed by atoms with Crippen molar-refractivity contribution in [2.45, 2.75) is 94.5 Å². The van der Waals surface area contributed by atoms with E-state index in [-0.39, 0.29) is 11.9 Å². The van der Waals surface area contributed by atoms with Gasteiger partial charge in [-0.1, -0.05) is 44.9 Å². The van der Waals surface area contributed by atoms with Gasteiger partial charge >= 0.3 is 11.9 Å². The quantitative estimate of drug-likeness (QED) is 0.0676. The first-order valence-electron chi connectivity index (χ1n) is 11.6. The van der Waals surface area contributed by atoms with E-state index < -0.39 is 23.0 Å². The zero-order valence-corrected chi connectivity index (χ0v) is 19.7. The molecule has 0 aliphatic heterocycles. The molecule has 14 N–H and O–H groups in total. The number of carboxylic acid groups (broad SMARTS) is 2. The van der Waals surface area contributed by atoms with Crippen molar-refractivity contribution in [3.63, 3.8) is 0 Å². The summed E-state index contributed by atoms with van der Waals surface area (Å²) in [6.45, 7) is 0.716. The standard InChI is InChI=1S/C21H44N8O4/c22-18(23)28-14-8-12-20(26,16(30)31)10-6-4-2-1-3-5-7-11-21(27,17(32)33)13-9-15-29-19(24)25/h1-15,26-27H2,(H,30,31)(H,32,33)(H4,22,23,28)(H4,24,25,29). The van der Waals surface area contributed by atoms with Crippen LogP contribution in [0.5, 0.6) is 0 Å². The van der Waals surface area contributed by atoms with Crippen molar-refractivity contribution in [3.8, 4) is 0 Å². The van der Waals surface area contributed by atoms with Crippen LogP contribution in [-0.2, 0) is 9.59 Å². The second-order valence-electron chi connectivity index (χ2n) is 8.72. The smallest absolute Gasteiger partial charge is 0.323 e. The van der Waals surface area contributed by atoms with Crippen molar-refractivity contribution >= 4 is 23.9 Å². The molecule has 0 aromatic rings. The van der Waals surface area contributed by atoms with Crippen molar-refractivity contribution in [2.24, 2.45) is 44.4 Å². The van der Waals surface area contributed by atoms with Crippen molar-refractivity contribution in [1.29, 1.82) is 0 Å². The third-order valence-electron chi connectivity index (χ3n) is 5.75. The first kappa shape index (κ1) is 30.4. The maximum absolute atomic E-state index is 11.5. The van der Waals surface area contributed by atoms with Gasteiger partial charge in [-0.2, -0.15) is 0 Å². The van der Waals surface area contributed by atoms with E-state index in [1.165, 1.54) is 0 Å². The summed E-state index contributed by atoms with van der Waals surface area (Å²) >= 11 is 0. The van der Waals surface area contributed by atoms with Crippen molar-refractivity contribution < 1.29 is 19.8 Å². The van der Waals surface area contributed by atoms with Gasteiger partial charge in [-0.3, -0.25) is 19.6 Å². The Balaban J connectivity index is 4.07. The minimum Gasteiger partial charge on any atom is -0.480 e.